The fraction of sp³-hybridized carbons (Fsp3) is 0.115. The molecule has 8 nitrogen and oxygen atoms in total. The molecule has 1 unspecified atom stereocenters. The van der Waals surface area contributed by atoms with E-state index in [4.69, 9.17) is 5.26 Å². The molecule has 0 aliphatic carbocycles. The van der Waals surface area contributed by atoms with E-state index < -0.39 is 29.8 Å². The van der Waals surface area contributed by atoms with Crippen molar-refractivity contribution in [2.75, 3.05) is 11.9 Å². The number of hydrogen-bond acceptors (Lipinski definition) is 5. The Morgan fingerprint density at radius 1 is 0.941 bits per heavy atom. The third kappa shape index (κ3) is 4.27. The highest BCUT2D eigenvalue weighted by atomic mass is 16.2. The van der Waals surface area contributed by atoms with Crippen LogP contribution in [0.4, 0.5) is 10.5 Å². The number of benzene rings is 3. The maximum atomic E-state index is 13.0. The van der Waals surface area contributed by atoms with Gasteiger partial charge in [0.2, 0.25) is 0 Å². The molecule has 168 valence electrons. The van der Waals surface area contributed by atoms with E-state index in [1.165, 1.54) is 12.1 Å². The number of rotatable bonds is 6. The predicted octanol–water partition coefficient (Wildman–Crippen LogP) is 3.46. The number of carbonyl (C=O) groups excluding carboxylic acids is 4. The molecule has 1 saturated heterocycles. The third-order valence-corrected chi connectivity index (χ3v) is 5.67. The quantitative estimate of drug-likeness (QED) is 0.438. The van der Waals surface area contributed by atoms with Crippen LogP contribution in [0.1, 0.15) is 38.8 Å². The number of Topliss-reactive ketones (excluding diaryl/α,β-unsaturated/α-hetero) is 1. The molecule has 4 amide bonds. The number of hydrogen-bond donors (Lipinski definition) is 2. The van der Waals surface area contributed by atoms with Crippen LogP contribution in [0.2, 0.25) is 0 Å². The Morgan fingerprint density at radius 2 is 1.59 bits per heavy atom. The third-order valence-electron chi connectivity index (χ3n) is 5.67. The predicted molar refractivity (Wildman–Crippen MR) is 124 cm³/mol. The molecular formula is C26H20N4O4. The lowest BCUT2D eigenvalue weighted by molar-refractivity contribution is -0.130. The summed E-state index contributed by atoms with van der Waals surface area (Å²) in [7, 11) is 0. The Hall–Kier alpha value is -4.77. The molecule has 8 heteroatoms. The van der Waals surface area contributed by atoms with Gasteiger partial charge in [0.1, 0.15) is 5.54 Å². The van der Waals surface area contributed by atoms with Gasteiger partial charge in [-0.2, -0.15) is 5.26 Å². The van der Waals surface area contributed by atoms with Crippen LogP contribution in [0.3, 0.4) is 0 Å². The van der Waals surface area contributed by atoms with Crippen LogP contribution >= 0.6 is 0 Å². The molecule has 0 radical (unpaired) electrons. The van der Waals surface area contributed by atoms with E-state index in [0.717, 1.165) is 4.90 Å². The average molecular weight is 452 g/mol. The molecule has 1 aliphatic heterocycles. The standard InChI is InChI=1S/C26H20N4O4/c1-26(20-11-7-17(15-27)8-12-20)24(33)30(25(34)29-26)16-22(31)18-9-13-21(14-10-18)28-23(32)19-5-3-2-4-6-19/h2-14H,16H2,1H3,(H,28,32)(H,29,34). The minimum absolute atomic E-state index is 0.277. The normalized spacial score (nSPS) is 17.1. The first-order valence-electron chi connectivity index (χ1n) is 10.5. The number of amides is 4. The summed E-state index contributed by atoms with van der Waals surface area (Å²) in [4.78, 5) is 51.5. The Bertz CT molecular complexity index is 1310. The molecule has 2 N–H and O–H groups in total. The highest BCUT2D eigenvalue weighted by molar-refractivity contribution is 6.11. The highest BCUT2D eigenvalue weighted by Crippen LogP contribution is 2.29. The number of nitrogens with zero attached hydrogens (tertiary/aromatic N) is 2. The Morgan fingerprint density at radius 3 is 2.21 bits per heavy atom. The van der Waals surface area contributed by atoms with Gasteiger partial charge in [-0.15, -0.1) is 0 Å². The van der Waals surface area contributed by atoms with Crippen molar-refractivity contribution < 1.29 is 19.2 Å². The van der Waals surface area contributed by atoms with E-state index in [9.17, 15) is 19.2 Å². The monoisotopic (exact) mass is 452 g/mol. The summed E-state index contributed by atoms with van der Waals surface area (Å²) >= 11 is 0. The van der Waals surface area contributed by atoms with Crippen molar-refractivity contribution in [2.45, 2.75) is 12.5 Å². The summed E-state index contributed by atoms with van der Waals surface area (Å²) in [6, 6.07) is 22.6. The summed E-state index contributed by atoms with van der Waals surface area (Å²) in [5.74, 6) is -1.25. The fourth-order valence-electron chi connectivity index (χ4n) is 3.68. The first kappa shape index (κ1) is 22.4. The summed E-state index contributed by atoms with van der Waals surface area (Å²) in [6.45, 7) is 1.13. The van der Waals surface area contributed by atoms with E-state index in [-0.39, 0.29) is 5.91 Å². The molecule has 3 aromatic carbocycles. The van der Waals surface area contributed by atoms with E-state index in [0.29, 0.717) is 27.9 Å². The van der Waals surface area contributed by atoms with E-state index in [1.807, 2.05) is 12.1 Å². The fourth-order valence-corrected chi connectivity index (χ4v) is 3.68. The van der Waals surface area contributed by atoms with Crippen LogP contribution in [0.25, 0.3) is 0 Å². The maximum absolute atomic E-state index is 13.0. The Kier molecular flexibility index (Phi) is 5.94. The first-order valence-corrected chi connectivity index (χ1v) is 10.5. The van der Waals surface area contributed by atoms with Gasteiger partial charge in [-0.25, -0.2) is 4.79 Å². The Balaban J connectivity index is 1.44. The number of carbonyl (C=O) groups is 4. The van der Waals surface area contributed by atoms with Crippen molar-refractivity contribution in [1.29, 1.82) is 5.26 Å². The van der Waals surface area contributed by atoms with Gasteiger partial charge in [0.15, 0.2) is 5.78 Å². The summed E-state index contributed by atoms with van der Waals surface area (Å²) < 4.78 is 0. The number of ketones is 1. The second-order valence-electron chi connectivity index (χ2n) is 7.96. The molecule has 1 aliphatic rings. The zero-order chi connectivity index (χ0) is 24.3. The molecular weight excluding hydrogens is 432 g/mol. The summed E-state index contributed by atoms with van der Waals surface area (Å²) in [5.41, 5.74) is 0.917. The SMILES string of the molecule is CC1(c2ccc(C#N)cc2)NC(=O)N(CC(=O)c2ccc(NC(=O)c3ccccc3)cc2)C1=O. The molecule has 1 atom stereocenters. The first-order chi connectivity index (χ1) is 16.3. The zero-order valence-electron chi connectivity index (χ0n) is 18.2. The molecule has 1 heterocycles. The minimum Gasteiger partial charge on any atom is -0.322 e. The molecule has 1 fully saturated rings. The van der Waals surface area contributed by atoms with Crippen LogP contribution in [0.15, 0.2) is 78.9 Å². The lowest BCUT2D eigenvalue weighted by Gasteiger charge is -2.22. The van der Waals surface area contributed by atoms with Gasteiger partial charge in [-0.1, -0.05) is 30.3 Å². The number of nitrogens with one attached hydrogen (secondary N) is 2. The van der Waals surface area contributed by atoms with Gasteiger partial charge in [0.25, 0.3) is 11.8 Å². The van der Waals surface area contributed by atoms with Gasteiger partial charge in [0.05, 0.1) is 18.2 Å². The molecule has 0 saturated carbocycles. The lowest BCUT2D eigenvalue weighted by Crippen LogP contribution is -2.41. The molecule has 0 bridgehead atoms. The number of nitriles is 1. The molecule has 3 aromatic rings. The van der Waals surface area contributed by atoms with Crippen LogP contribution in [-0.2, 0) is 10.3 Å². The van der Waals surface area contributed by atoms with Crippen LogP contribution in [0.5, 0.6) is 0 Å². The molecule has 0 aromatic heterocycles. The molecule has 4 rings (SSSR count). The lowest BCUT2D eigenvalue weighted by atomic mass is 9.91. The van der Waals surface area contributed by atoms with Crippen molar-refractivity contribution in [1.82, 2.24) is 10.2 Å². The second kappa shape index (κ2) is 9.00. The number of urea groups is 1. The largest absolute Gasteiger partial charge is 0.325 e. The highest BCUT2D eigenvalue weighted by Gasteiger charge is 2.49. The van der Waals surface area contributed by atoms with Crippen molar-refractivity contribution in [2.24, 2.45) is 0 Å². The van der Waals surface area contributed by atoms with Gasteiger partial charge in [0, 0.05) is 16.8 Å². The zero-order valence-corrected chi connectivity index (χ0v) is 18.2. The van der Waals surface area contributed by atoms with Crippen LogP contribution in [-0.4, -0.2) is 35.1 Å². The average Bonchev–Trinajstić information content (AvgIpc) is 3.08. The van der Waals surface area contributed by atoms with Gasteiger partial charge in [-0.05, 0) is 61.0 Å². The van der Waals surface area contributed by atoms with E-state index >= 15 is 0 Å². The van der Waals surface area contributed by atoms with Crippen molar-refractivity contribution in [3.8, 4) is 6.07 Å². The topological polar surface area (TPSA) is 119 Å². The van der Waals surface area contributed by atoms with Crippen molar-refractivity contribution in [3.63, 3.8) is 0 Å². The molecule has 0 spiro atoms. The van der Waals surface area contributed by atoms with Gasteiger partial charge < -0.3 is 10.6 Å². The van der Waals surface area contributed by atoms with Crippen molar-refractivity contribution >= 4 is 29.3 Å². The number of anilines is 1. The van der Waals surface area contributed by atoms with Gasteiger partial charge >= 0.3 is 6.03 Å². The summed E-state index contributed by atoms with van der Waals surface area (Å²) in [6.07, 6.45) is 0. The maximum Gasteiger partial charge on any atom is 0.325 e. The van der Waals surface area contributed by atoms with Crippen molar-refractivity contribution in [3.05, 3.63) is 101 Å². The van der Waals surface area contributed by atoms with E-state index in [1.54, 1.807) is 67.6 Å². The van der Waals surface area contributed by atoms with Crippen LogP contribution in [0, 0.1) is 11.3 Å². The smallest absolute Gasteiger partial charge is 0.322 e. The Labute approximate surface area is 195 Å². The second-order valence-corrected chi connectivity index (χ2v) is 7.96. The minimum atomic E-state index is -1.34. The van der Waals surface area contributed by atoms with Crippen LogP contribution < -0.4 is 10.6 Å². The van der Waals surface area contributed by atoms with E-state index in [2.05, 4.69) is 10.6 Å². The summed E-state index contributed by atoms with van der Waals surface area (Å²) in [5, 5.41) is 14.4. The van der Waals surface area contributed by atoms with Gasteiger partial charge in [-0.3, -0.25) is 19.3 Å². The molecule has 34 heavy (non-hydrogen) atoms. The number of imide groups is 1.